The minimum absolute atomic E-state index is 0.0754. The molecule has 1 N–H and O–H groups in total. The molecule has 1 atom stereocenters. The first-order valence-electron chi connectivity index (χ1n) is 8.92. The van der Waals surface area contributed by atoms with Gasteiger partial charge in [-0.2, -0.15) is 4.68 Å². The highest BCUT2D eigenvalue weighted by atomic mass is 35.5. The number of nitro benzene ring substituents is 1. The molecule has 2 aromatic carbocycles. The summed E-state index contributed by atoms with van der Waals surface area (Å²) in [4.78, 5) is 46.3. The summed E-state index contributed by atoms with van der Waals surface area (Å²) < 4.78 is 23.6. The van der Waals surface area contributed by atoms with Gasteiger partial charge >= 0.3 is 11.7 Å². The molecule has 11 nitrogen and oxygen atoms in total. The second kappa shape index (κ2) is 9.39. The summed E-state index contributed by atoms with van der Waals surface area (Å²) in [6.07, 6.45) is -1.28. The number of anilines is 1. The zero-order chi connectivity index (χ0) is 23.4. The number of halogens is 2. The van der Waals surface area contributed by atoms with Crippen molar-refractivity contribution < 1.29 is 28.1 Å². The molecule has 0 saturated carbocycles. The van der Waals surface area contributed by atoms with Gasteiger partial charge in [0.15, 0.2) is 6.10 Å². The Hall–Kier alpha value is -4.06. The third-order valence-electron chi connectivity index (χ3n) is 4.08. The molecule has 166 valence electrons. The molecule has 1 aromatic heterocycles. The standard InChI is InChI=1S/C19H14ClFN4O7/c1-10(17(27)22-15-7-6-13(25(29)30)8-14(15)20)31-16(26)9-24-19(28)32-18(23-24)11-2-4-12(21)5-3-11/h2-8,10H,9H2,1H3,(H,22,27). The molecule has 3 rings (SSSR count). The maximum Gasteiger partial charge on any atom is 0.437 e. The van der Waals surface area contributed by atoms with Crippen molar-refractivity contribution in [2.24, 2.45) is 0 Å². The molecule has 0 fully saturated rings. The number of amides is 1. The predicted molar refractivity (Wildman–Crippen MR) is 108 cm³/mol. The van der Waals surface area contributed by atoms with Crippen molar-refractivity contribution in [1.29, 1.82) is 0 Å². The van der Waals surface area contributed by atoms with Crippen LogP contribution in [-0.2, 0) is 20.9 Å². The summed E-state index contributed by atoms with van der Waals surface area (Å²) in [7, 11) is 0. The van der Waals surface area contributed by atoms with E-state index in [4.69, 9.17) is 20.8 Å². The Morgan fingerprint density at radius 1 is 1.31 bits per heavy atom. The lowest BCUT2D eigenvalue weighted by Crippen LogP contribution is -2.32. The number of non-ortho nitro benzene ring substituents is 1. The van der Waals surface area contributed by atoms with Crippen molar-refractivity contribution in [2.45, 2.75) is 19.6 Å². The molecule has 0 bridgehead atoms. The number of hydrogen-bond donors (Lipinski definition) is 1. The first-order chi connectivity index (χ1) is 15.1. The SMILES string of the molecule is CC(OC(=O)Cn1nc(-c2ccc(F)cc2)oc1=O)C(=O)Nc1ccc([N+](=O)[O-])cc1Cl. The fraction of sp³-hybridized carbons (Fsp3) is 0.158. The fourth-order valence-corrected chi connectivity index (χ4v) is 2.70. The zero-order valence-electron chi connectivity index (χ0n) is 16.3. The van der Waals surface area contributed by atoms with E-state index in [0.717, 1.165) is 24.3 Å². The van der Waals surface area contributed by atoms with Crippen LogP contribution in [0.5, 0.6) is 0 Å². The van der Waals surface area contributed by atoms with E-state index >= 15 is 0 Å². The monoisotopic (exact) mass is 464 g/mol. The molecule has 0 aliphatic carbocycles. The van der Waals surface area contributed by atoms with E-state index in [-0.39, 0.29) is 22.3 Å². The number of nitrogens with one attached hydrogen (secondary N) is 1. The molecule has 1 amide bonds. The molecule has 0 saturated heterocycles. The minimum atomic E-state index is -1.28. The van der Waals surface area contributed by atoms with Gasteiger partial charge in [0.2, 0.25) is 5.89 Å². The summed E-state index contributed by atoms with van der Waals surface area (Å²) >= 11 is 5.91. The van der Waals surface area contributed by atoms with Crippen molar-refractivity contribution in [2.75, 3.05) is 5.32 Å². The molecular weight excluding hydrogens is 451 g/mol. The first-order valence-corrected chi connectivity index (χ1v) is 9.30. The van der Waals surface area contributed by atoms with Gasteiger partial charge in [-0.1, -0.05) is 11.6 Å². The molecular formula is C19H14ClFN4O7. The van der Waals surface area contributed by atoms with Crippen LogP contribution >= 0.6 is 11.6 Å². The number of ether oxygens (including phenoxy) is 1. The topological polar surface area (TPSA) is 147 Å². The second-order valence-electron chi connectivity index (χ2n) is 6.38. The number of hydrogen-bond acceptors (Lipinski definition) is 8. The smallest absolute Gasteiger partial charge is 0.437 e. The van der Waals surface area contributed by atoms with Crippen LogP contribution in [0.1, 0.15) is 6.92 Å². The van der Waals surface area contributed by atoms with Gasteiger partial charge < -0.3 is 14.5 Å². The highest BCUT2D eigenvalue weighted by Gasteiger charge is 2.21. The number of esters is 1. The van der Waals surface area contributed by atoms with E-state index in [1.54, 1.807) is 0 Å². The molecule has 0 radical (unpaired) electrons. The number of carbonyl (C=O) groups is 2. The van der Waals surface area contributed by atoms with E-state index in [9.17, 15) is 28.9 Å². The van der Waals surface area contributed by atoms with Crippen molar-refractivity contribution in [1.82, 2.24) is 9.78 Å². The molecule has 0 aliphatic heterocycles. The summed E-state index contributed by atoms with van der Waals surface area (Å²) in [5, 5.41) is 16.9. The Bertz CT molecular complexity index is 1240. The average Bonchev–Trinajstić information content (AvgIpc) is 3.09. The summed E-state index contributed by atoms with van der Waals surface area (Å²) in [6.45, 7) is 0.640. The highest BCUT2D eigenvalue weighted by molar-refractivity contribution is 6.34. The number of benzene rings is 2. The largest absolute Gasteiger partial charge is 0.451 e. The highest BCUT2D eigenvalue weighted by Crippen LogP contribution is 2.26. The van der Waals surface area contributed by atoms with Gasteiger partial charge in [0.05, 0.1) is 15.6 Å². The van der Waals surface area contributed by atoms with Crippen LogP contribution in [0.3, 0.4) is 0 Å². The third kappa shape index (κ3) is 5.35. The lowest BCUT2D eigenvalue weighted by atomic mass is 10.2. The van der Waals surface area contributed by atoms with Gasteiger partial charge in [0, 0.05) is 17.7 Å². The maximum absolute atomic E-state index is 13.0. The van der Waals surface area contributed by atoms with E-state index < -0.39 is 41.0 Å². The molecule has 13 heteroatoms. The van der Waals surface area contributed by atoms with Gasteiger partial charge in [-0.3, -0.25) is 19.7 Å². The number of aromatic nitrogens is 2. The van der Waals surface area contributed by atoms with Crippen LogP contribution in [0.2, 0.25) is 5.02 Å². The Morgan fingerprint density at radius 3 is 2.62 bits per heavy atom. The molecule has 1 unspecified atom stereocenters. The van der Waals surface area contributed by atoms with E-state index in [1.165, 1.54) is 25.1 Å². The van der Waals surface area contributed by atoms with Crippen molar-refractivity contribution in [3.63, 3.8) is 0 Å². The zero-order valence-corrected chi connectivity index (χ0v) is 17.0. The number of nitrogens with zero attached hydrogens (tertiary/aromatic N) is 3. The number of carbonyl (C=O) groups excluding carboxylic acids is 2. The summed E-state index contributed by atoms with van der Waals surface area (Å²) in [5.74, 6) is -3.27. The predicted octanol–water partition coefficient (Wildman–Crippen LogP) is 2.77. The van der Waals surface area contributed by atoms with Crippen LogP contribution in [0, 0.1) is 15.9 Å². The summed E-state index contributed by atoms with van der Waals surface area (Å²) in [6, 6.07) is 8.44. The normalized spacial score (nSPS) is 11.6. The van der Waals surface area contributed by atoms with Crippen molar-refractivity contribution >= 4 is 34.9 Å². The van der Waals surface area contributed by atoms with E-state index in [2.05, 4.69) is 10.4 Å². The van der Waals surface area contributed by atoms with Gasteiger partial charge in [0.25, 0.3) is 11.6 Å². The number of rotatable bonds is 7. The molecule has 0 spiro atoms. The number of nitro groups is 1. The quantitative estimate of drug-likeness (QED) is 0.319. The lowest BCUT2D eigenvalue weighted by Gasteiger charge is -2.14. The molecule has 0 aliphatic rings. The minimum Gasteiger partial charge on any atom is -0.451 e. The van der Waals surface area contributed by atoms with Gasteiger partial charge in [-0.15, -0.1) is 5.10 Å². The van der Waals surface area contributed by atoms with Crippen LogP contribution in [0.25, 0.3) is 11.5 Å². The molecule has 1 heterocycles. The van der Waals surface area contributed by atoms with E-state index in [0.29, 0.717) is 10.2 Å². The first kappa shape index (κ1) is 22.6. The lowest BCUT2D eigenvalue weighted by molar-refractivity contribution is -0.384. The Labute approximate surface area is 183 Å². The second-order valence-corrected chi connectivity index (χ2v) is 6.79. The molecule has 32 heavy (non-hydrogen) atoms. The van der Waals surface area contributed by atoms with Crippen LogP contribution in [0.4, 0.5) is 15.8 Å². The Morgan fingerprint density at radius 2 is 2.00 bits per heavy atom. The van der Waals surface area contributed by atoms with Gasteiger partial charge in [-0.25, -0.2) is 9.18 Å². The van der Waals surface area contributed by atoms with Crippen molar-refractivity contribution in [3.05, 3.63) is 74.0 Å². The Kier molecular flexibility index (Phi) is 6.64. The van der Waals surface area contributed by atoms with Crippen LogP contribution < -0.4 is 11.1 Å². The van der Waals surface area contributed by atoms with Crippen LogP contribution in [-0.4, -0.2) is 32.7 Å². The Balaban J connectivity index is 1.61. The fourth-order valence-electron chi connectivity index (χ4n) is 2.48. The van der Waals surface area contributed by atoms with Gasteiger partial charge in [0.1, 0.15) is 12.4 Å². The average molecular weight is 465 g/mol. The van der Waals surface area contributed by atoms with Crippen LogP contribution in [0.15, 0.2) is 51.7 Å². The maximum atomic E-state index is 13.0. The van der Waals surface area contributed by atoms with E-state index in [1.807, 2.05) is 0 Å². The summed E-state index contributed by atoms with van der Waals surface area (Å²) in [5.41, 5.74) is 0.149. The molecule has 3 aromatic rings. The van der Waals surface area contributed by atoms with Gasteiger partial charge in [-0.05, 0) is 37.3 Å². The third-order valence-corrected chi connectivity index (χ3v) is 4.39. The van der Waals surface area contributed by atoms with Crippen molar-refractivity contribution in [3.8, 4) is 11.5 Å².